The van der Waals surface area contributed by atoms with Gasteiger partial charge in [0.1, 0.15) is 11.0 Å². The van der Waals surface area contributed by atoms with E-state index in [1.807, 2.05) is 54.6 Å². The zero-order chi connectivity index (χ0) is 15.8. The summed E-state index contributed by atoms with van der Waals surface area (Å²) in [6, 6.07) is 18.8. The Balaban J connectivity index is 2.02. The fourth-order valence-corrected chi connectivity index (χ4v) is 2.89. The second-order valence-electron chi connectivity index (χ2n) is 5.27. The first-order chi connectivity index (χ1) is 11.2. The molecule has 0 spiro atoms. The summed E-state index contributed by atoms with van der Waals surface area (Å²) in [5.74, 6) is 0.549. The number of para-hydroxylation sites is 1. The highest BCUT2D eigenvalue weighted by atomic mass is 35.5. The van der Waals surface area contributed by atoms with Crippen molar-refractivity contribution in [2.75, 3.05) is 0 Å². The van der Waals surface area contributed by atoms with E-state index < -0.39 is 0 Å². The summed E-state index contributed by atoms with van der Waals surface area (Å²) >= 11 is 5.99. The topological polar surface area (TPSA) is 47.2 Å². The quantitative estimate of drug-likeness (QED) is 0.642. The number of nitrogens with zero attached hydrogens (tertiary/aromatic N) is 3. The summed E-state index contributed by atoms with van der Waals surface area (Å²) in [7, 11) is 0. The van der Waals surface area contributed by atoms with E-state index in [-0.39, 0.29) is 10.7 Å². The van der Waals surface area contributed by atoms with E-state index in [1.165, 1.54) is 6.07 Å². The molecule has 0 fully saturated rings. The van der Waals surface area contributed by atoms with Crippen LogP contribution in [0, 0.1) is 0 Å². The molecule has 0 radical (unpaired) electrons. The number of halogens is 1. The van der Waals surface area contributed by atoms with Gasteiger partial charge in [-0.25, -0.2) is 4.98 Å². The third kappa shape index (κ3) is 2.47. The van der Waals surface area contributed by atoms with Crippen molar-refractivity contribution >= 4 is 23.0 Å². The highest BCUT2D eigenvalue weighted by Gasteiger charge is 2.19. The first-order valence-corrected chi connectivity index (χ1v) is 7.60. The molecule has 0 unspecified atom stereocenters. The highest BCUT2D eigenvalue weighted by Crippen LogP contribution is 2.32. The lowest BCUT2D eigenvalue weighted by molar-refractivity contribution is 0.794. The summed E-state index contributed by atoms with van der Waals surface area (Å²) in [6.45, 7) is 0.358. The molecule has 5 heteroatoms. The molecule has 0 aliphatic carbocycles. The van der Waals surface area contributed by atoms with Crippen LogP contribution in [0.2, 0.25) is 5.15 Å². The molecule has 4 rings (SSSR count). The zero-order valence-electron chi connectivity index (χ0n) is 12.1. The molecule has 112 valence electrons. The highest BCUT2D eigenvalue weighted by molar-refractivity contribution is 6.29. The summed E-state index contributed by atoms with van der Waals surface area (Å²) in [5.41, 5.74) is 3.21. The Hall–Kier alpha value is -2.72. The molecule has 3 aromatic rings. The average Bonchev–Trinajstić information content (AvgIpc) is 2.73. The first kappa shape index (κ1) is 13.9. The zero-order valence-corrected chi connectivity index (χ0v) is 12.9. The van der Waals surface area contributed by atoms with Crippen molar-refractivity contribution in [2.45, 2.75) is 6.54 Å². The van der Waals surface area contributed by atoms with Crippen molar-refractivity contribution < 1.29 is 0 Å². The molecule has 2 heterocycles. The van der Waals surface area contributed by atoms with Crippen LogP contribution in [0.3, 0.4) is 0 Å². The van der Waals surface area contributed by atoms with Crippen LogP contribution in [0.25, 0.3) is 11.4 Å². The summed E-state index contributed by atoms with van der Waals surface area (Å²) in [4.78, 5) is 21.5. The van der Waals surface area contributed by atoms with E-state index in [2.05, 4.69) is 4.98 Å². The van der Waals surface area contributed by atoms with Gasteiger partial charge in [-0.2, -0.15) is 0 Å². The van der Waals surface area contributed by atoms with Gasteiger partial charge < -0.3 is 0 Å². The molecule has 0 amide bonds. The van der Waals surface area contributed by atoms with E-state index in [0.29, 0.717) is 12.4 Å². The van der Waals surface area contributed by atoms with E-state index in [4.69, 9.17) is 16.6 Å². The number of aromatic nitrogens is 2. The van der Waals surface area contributed by atoms with Crippen LogP contribution in [0.5, 0.6) is 0 Å². The smallest absolute Gasteiger partial charge is 0.255 e. The number of benzene rings is 2. The van der Waals surface area contributed by atoms with E-state index in [1.54, 1.807) is 4.57 Å². The summed E-state index contributed by atoms with van der Waals surface area (Å²) < 4.78 is 1.61. The number of fused-ring (bicyclic) bond motifs is 3. The molecule has 0 saturated heterocycles. The maximum Gasteiger partial charge on any atom is 0.255 e. The maximum absolute atomic E-state index is 12.4. The number of rotatable bonds is 1. The number of hydrogen-bond acceptors (Lipinski definition) is 3. The van der Waals surface area contributed by atoms with Gasteiger partial charge in [-0.15, -0.1) is 0 Å². The third-order valence-corrected chi connectivity index (χ3v) is 3.99. The molecule has 1 aliphatic rings. The Morgan fingerprint density at radius 2 is 1.74 bits per heavy atom. The van der Waals surface area contributed by atoms with Crippen molar-refractivity contribution in [3.63, 3.8) is 0 Å². The average molecular weight is 322 g/mol. The Morgan fingerprint density at radius 1 is 1.00 bits per heavy atom. The molecule has 1 aromatic heterocycles. The van der Waals surface area contributed by atoms with Crippen molar-refractivity contribution in [2.24, 2.45) is 4.99 Å². The van der Waals surface area contributed by atoms with Gasteiger partial charge in [0.05, 0.1) is 17.9 Å². The van der Waals surface area contributed by atoms with Crippen LogP contribution in [-0.4, -0.2) is 15.3 Å². The molecular weight excluding hydrogens is 310 g/mol. The monoisotopic (exact) mass is 321 g/mol. The lowest BCUT2D eigenvalue weighted by atomic mass is 10.1. The minimum atomic E-state index is -0.180. The first-order valence-electron chi connectivity index (χ1n) is 7.22. The number of aliphatic imine (C=N–C) groups is 1. The van der Waals surface area contributed by atoms with Crippen LogP contribution >= 0.6 is 11.6 Å². The lowest BCUT2D eigenvalue weighted by Gasteiger charge is -2.10. The summed E-state index contributed by atoms with van der Waals surface area (Å²) in [6.07, 6.45) is 0. The molecule has 0 N–H and O–H groups in total. The van der Waals surface area contributed by atoms with Gasteiger partial charge in [0.15, 0.2) is 0 Å². The van der Waals surface area contributed by atoms with Gasteiger partial charge in [0.25, 0.3) is 5.56 Å². The van der Waals surface area contributed by atoms with Gasteiger partial charge in [-0.05, 0) is 17.7 Å². The fraction of sp³-hybridized carbons (Fsp3) is 0.0556. The van der Waals surface area contributed by atoms with E-state index >= 15 is 0 Å². The Bertz CT molecular complexity index is 977. The van der Waals surface area contributed by atoms with Crippen LogP contribution in [-0.2, 0) is 6.54 Å². The molecule has 1 aliphatic heterocycles. The fourth-order valence-electron chi connectivity index (χ4n) is 2.71. The summed E-state index contributed by atoms with van der Waals surface area (Å²) in [5, 5.41) is 0.194. The molecule has 2 aromatic carbocycles. The molecule has 0 bridgehead atoms. The van der Waals surface area contributed by atoms with Crippen LogP contribution in [0.4, 0.5) is 5.69 Å². The van der Waals surface area contributed by atoms with Crippen molar-refractivity contribution in [3.05, 3.63) is 81.7 Å². The second kappa shape index (κ2) is 5.48. The molecule has 0 saturated carbocycles. The predicted octanol–water partition coefficient (Wildman–Crippen LogP) is 3.70. The lowest BCUT2D eigenvalue weighted by Crippen LogP contribution is -2.25. The van der Waals surface area contributed by atoms with Crippen molar-refractivity contribution in [3.8, 4) is 11.4 Å². The number of hydrogen-bond donors (Lipinski definition) is 0. The third-order valence-electron chi connectivity index (χ3n) is 3.79. The van der Waals surface area contributed by atoms with Crippen LogP contribution in [0.1, 0.15) is 5.56 Å². The Morgan fingerprint density at radius 3 is 2.57 bits per heavy atom. The molecule has 4 nitrogen and oxygen atoms in total. The normalized spacial score (nSPS) is 12.8. The van der Waals surface area contributed by atoms with Gasteiger partial charge in [0, 0.05) is 11.6 Å². The minimum Gasteiger partial charge on any atom is -0.286 e. The largest absolute Gasteiger partial charge is 0.286 e. The van der Waals surface area contributed by atoms with Crippen LogP contribution < -0.4 is 5.56 Å². The molecule has 0 atom stereocenters. The van der Waals surface area contributed by atoms with Crippen molar-refractivity contribution in [1.29, 1.82) is 0 Å². The van der Waals surface area contributed by atoms with Gasteiger partial charge in [0.2, 0.25) is 0 Å². The Labute approximate surface area is 137 Å². The van der Waals surface area contributed by atoms with E-state index in [9.17, 15) is 4.79 Å². The molecule has 23 heavy (non-hydrogen) atoms. The second-order valence-corrected chi connectivity index (χ2v) is 5.66. The van der Waals surface area contributed by atoms with Gasteiger partial charge in [-0.3, -0.25) is 14.4 Å². The SMILES string of the molecule is O=c1cc(Cl)nc2n1CC(c1ccccc1)=Nc1ccccc1-2. The maximum atomic E-state index is 12.4. The minimum absolute atomic E-state index is 0.180. The van der Waals surface area contributed by atoms with Gasteiger partial charge in [-0.1, -0.05) is 54.1 Å². The van der Waals surface area contributed by atoms with Crippen molar-refractivity contribution in [1.82, 2.24) is 9.55 Å². The standard InChI is InChI=1S/C18H12ClN3O/c19-16-10-17(23)22-11-15(12-6-2-1-3-7-12)20-14-9-5-4-8-13(14)18(22)21-16/h1-10H,11H2. The van der Waals surface area contributed by atoms with E-state index in [0.717, 1.165) is 22.5 Å². The van der Waals surface area contributed by atoms with Gasteiger partial charge >= 0.3 is 0 Å². The Kier molecular flexibility index (Phi) is 3.32. The predicted molar refractivity (Wildman–Crippen MR) is 91.6 cm³/mol. The van der Waals surface area contributed by atoms with Crippen LogP contribution in [0.15, 0.2) is 70.5 Å². The molecular formula is C18H12ClN3O.